The molecule has 1 aliphatic rings. The molecule has 0 bridgehead atoms. The highest BCUT2D eigenvalue weighted by atomic mass is 19.1. The predicted molar refractivity (Wildman–Crippen MR) is 135 cm³/mol. The lowest BCUT2D eigenvalue weighted by atomic mass is 10.1. The third kappa shape index (κ3) is 5.68. The maximum atomic E-state index is 13.6. The second-order valence-electron chi connectivity index (χ2n) is 9.13. The number of hydrogen-bond acceptors (Lipinski definition) is 6. The van der Waals surface area contributed by atoms with E-state index in [-0.39, 0.29) is 17.8 Å². The van der Waals surface area contributed by atoms with E-state index in [0.717, 1.165) is 44.6 Å². The maximum Gasteiger partial charge on any atom is 0.251 e. The first kappa shape index (κ1) is 23.9. The third-order valence-corrected chi connectivity index (χ3v) is 6.30. The Morgan fingerprint density at radius 1 is 1.19 bits per heavy atom. The number of amides is 1. The highest BCUT2D eigenvalue weighted by Crippen LogP contribution is 2.31. The van der Waals surface area contributed by atoms with Crippen LogP contribution in [0.5, 0.6) is 5.88 Å². The third-order valence-electron chi connectivity index (χ3n) is 6.30. The average molecular weight is 489 g/mol. The number of aryl methyl sites for hydroxylation is 1. The molecule has 186 valence electrons. The van der Waals surface area contributed by atoms with Crippen molar-refractivity contribution in [1.82, 2.24) is 30.2 Å². The lowest BCUT2D eigenvalue weighted by Gasteiger charge is -2.30. The quantitative estimate of drug-likeness (QED) is 0.364. The number of carbonyl (C=O) groups excluding carboxylic acids is 1. The van der Waals surface area contributed by atoms with Crippen LogP contribution < -0.4 is 10.1 Å². The van der Waals surface area contributed by atoms with Gasteiger partial charge in [0.25, 0.3) is 5.91 Å². The summed E-state index contributed by atoms with van der Waals surface area (Å²) in [5, 5.41) is 2.95. The number of likely N-dealkylation sites (tertiary alicyclic amines) is 1. The molecule has 0 radical (unpaired) electrons. The van der Waals surface area contributed by atoms with E-state index in [0.29, 0.717) is 40.3 Å². The first-order valence-electron chi connectivity index (χ1n) is 12.2. The van der Waals surface area contributed by atoms with E-state index in [1.807, 2.05) is 0 Å². The van der Waals surface area contributed by atoms with Crippen LogP contribution in [0.2, 0.25) is 0 Å². The molecular weight excluding hydrogens is 459 g/mol. The van der Waals surface area contributed by atoms with Crippen molar-refractivity contribution in [1.29, 1.82) is 0 Å². The number of aromatic nitrogens is 4. The second kappa shape index (κ2) is 10.8. The molecule has 0 spiro atoms. The zero-order valence-electron chi connectivity index (χ0n) is 20.2. The molecule has 8 nitrogen and oxygen atoms in total. The Morgan fingerprint density at radius 2 is 2.06 bits per heavy atom. The van der Waals surface area contributed by atoms with Crippen LogP contribution in [0.15, 0.2) is 54.9 Å². The molecule has 9 heteroatoms. The number of benzene rings is 2. The fraction of sp³-hybridized carbons (Fsp3) is 0.333. The molecule has 4 aromatic rings. The van der Waals surface area contributed by atoms with Crippen molar-refractivity contribution in [3.63, 3.8) is 0 Å². The Kier molecular flexibility index (Phi) is 7.18. The summed E-state index contributed by atoms with van der Waals surface area (Å²) < 4.78 is 19.9. The van der Waals surface area contributed by atoms with Crippen LogP contribution in [0.3, 0.4) is 0 Å². The van der Waals surface area contributed by atoms with Gasteiger partial charge in [-0.2, -0.15) is 0 Å². The van der Waals surface area contributed by atoms with Crippen molar-refractivity contribution in [2.75, 3.05) is 26.7 Å². The average Bonchev–Trinajstić information content (AvgIpc) is 3.40. The summed E-state index contributed by atoms with van der Waals surface area (Å²) in [5.41, 5.74) is 2.95. The SMILES string of the molecule is CN1CCCC(Oc2nc3ccc(C(=O)NCCCc4ncc[nH]4)cc3nc2-c2ccc(F)cc2)C1. The Bertz CT molecular complexity index is 1330. The van der Waals surface area contributed by atoms with Gasteiger partial charge in [0.15, 0.2) is 0 Å². The molecule has 1 fully saturated rings. The molecule has 0 aliphatic carbocycles. The van der Waals surface area contributed by atoms with E-state index in [4.69, 9.17) is 14.7 Å². The Labute approximate surface area is 208 Å². The molecule has 3 heterocycles. The monoisotopic (exact) mass is 488 g/mol. The summed E-state index contributed by atoms with van der Waals surface area (Å²) in [6, 6.07) is 11.4. The number of piperidine rings is 1. The van der Waals surface area contributed by atoms with Gasteiger partial charge in [0.1, 0.15) is 23.4 Å². The van der Waals surface area contributed by atoms with Crippen molar-refractivity contribution in [3.05, 3.63) is 72.1 Å². The highest BCUT2D eigenvalue weighted by molar-refractivity contribution is 5.97. The fourth-order valence-corrected chi connectivity index (χ4v) is 4.42. The molecule has 2 N–H and O–H groups in total. The maximum absolute atomic E-state index is 13.6. The number of fused-ring (bicyclic) bond motifs is 1. The topological polar surface area (TPSA) is 96.0 Å². The van der Waals surface area contributed by atoms with E-state index >= 15 is 0 Å². The van der Waals surface area contributed by atoms with Crippen LogP contribution >= 0.6 is 0 Å². The van der Waals surface area contributed by atoms with Gasteiger partial charge >= 0.3 is 0 Å². The van der Waals surface area contributed by atoms with Crippen molar-refractivity contribution in [2.45, 2.75) is 31.8 Å². The first-order valence-corrected chi connectivity index (χ1v) is 12.2. The highest BCUT2D eigenvalue weighted by Gasteiger charge is 2.22. The summed E-state index contributed by atoms with van der Waals surface area (Å²) in [4.78, 5) is 31.8. The minimum atomic E-state index is -0.324. The van der Waals surface area contributed by atoms with Crippen molar-refractivity contribution in [3.8, 4) is 17.1 Å². The number of nitrogens with one attached hydrogen (secondary N) is 2. The van der Waals surface area contributed by atoms with Crippen LogP contribution in [0.25, 0.3) is 22.3 Å². The van der Waals surface area contributed by atoms with Crippen LogP contribution in [0.4, 0.5) is 4.39 Å². The van der Waals surface area contributed by atoms with Gasteiger partial charge in [0.2, 0.25) is 5.88 Å². The lowest BCUT2D eigenvalue weighted by molar-refractivity contribution is 0.0953. The number of halogens is 1. The molecule has 1 atom stereocenters. The number of aromatic amines is 1. The van der Waals surface area contributed by atoms with E-state index in [2.05, 4.69) is 27.2 Å². The first-order chi connectivity index (χ1) is 17.5. The van der Waals surface area contributed by atoms with Gasteiger partial charge in [-0.05, 0) is 75.3 Å². The largest absolute Gasteiger partial charge is 0.471 e. The molecule has 0 saturated carbocycles. The number of ether oxygens (including phenoxy) is 1. The van der Waals surface area contributed by atoms with E-state index in [9.17, 15) is 9.18 Å². The number of hydrogen-bond donors (Lipinski definition) is 2. The molecule has 2 aromatic heterocycles. The summed E-state index contributed by atoms with van der Waals surface area (Å²) in [6.45, 7) is 2.38. The Hall–Kier alpha value is -3.85. The van der Waals surface area contributed by atoms with Crippen LogP contribution in [-0.2, 0) is 6.42 Å². The molecule has 1 unspecified atom stereocenters. The molecule has 5 rings (SSSR count). The van der Waals surface area contributed by atoms with Crippen molar-refractivity contribution in [2.24, 2.45) is 0 Å². The number of nitrogens with zero attached hydrogens (tertiary/aromatic N) is 4. The van der Waals surface area contributed by atoms with E-state index in [1.165, 1.54) is 12.1 Å². The molecule has 36 heavy (non-hydrogen) atoms. The smallest absolute Gasteiger partial charge is 0.251 e. The minimum absolute atomic E-state index is 0.000858. The van der Waals surface area contributed by atoms with E-state index < -0.39 is 0 Å². The van der Waals surface area contributed by atoms with Crippen LogP contribution in [0.1, 0.15) is 35.4 Å². The van der Waals surface area contributed by atoms with Crippen LogP contribution in [-0.4, -0.2) is 63.5 Å². The predicted octanol–water partition coefficient (Wildman–Crippen LogP) is 3.99. The fourth-order valence-electron chi connectivity index (χ4n) is 4.42. The summed E-state index contributed by atoms with van der Waals surface area (Å²) >= 11 is 0. The number of likely N-dealkylation sites (N-methyl/N-ethyl adjacent to an activating group) is 1. The van der Waals surface area contributed by atoms with Gasteiger partial charge in [0.05, 0.1) is 11.0 Å². The molecule has 1 aliphatic heterocycles. The number of carbonyl (C=O) groups is 1. The zero-order chi connectivity index (χ0) is 24.9. The zero-order valence-corrected chi connectivity index (χ0v) is 20.2. The molecule has 2 aromatic carbocycles. The second-order valence-corrected chi connectivity index (χ2v) is 9.13. The lowest BCUT2D eigenvalue weighted by Crippen LogP contribution is -2.38. The number of imidazole rings is 1. The van der Waals surface area contributed by atoms with Gasteiger partial charge < -0.3 is 19.9 Å². The normalized spacial score (nSPS) is 16.2. The minimum Gasteiger partial charge on any atom is -0.471 e. The Balaban J connectivity index is 1.38. The molecule has 1 amide bonds. The molecular formula is C27H29FN6O2. The number of H-pyrrole nitrogens is 1. The van der Waals surface area contributed by atoms with Gasteiger partial charge in [-0.3, -0.25) is 4.79 Å². The Morgan fingerprint density at radius 3 is 2.83 bits per heavy atom. The van der Waals surface area contributed by atoms with Gasteiger partial charge in [-0.1, -0.05) is 0 Å². The van der Waals surface area contributed by atoms with Gasteiger partial charge in [-0.25, -0.2) is 19.3 Å². The van der Waals surface area contributed by atoms with Gasteiger partial charge in [-0.15, -0.1) is 0 Å². The van der Waals surface area contributed by atoms with Crippen molar-refractivity contribution < 1.29 is 13.9 Å². The molecule has 1 saturated heterocycles. The van der Waals surface area contributed by atoms with E-state index in [1.54, 1.807) is 42.7 Å². The summed E-state index contributed by atoms with van der Waals surface area (Å²) in [6.07, 6.45) is 7.03. The summed E-state index contributed by atoms with van der Waals surface area (Å²) in [5.74, 6) is 0.822. The van der Waals surface area contributed by atoms with Crippen LogP contribution in [0, 0.1) is 5.82 Å². The summed E-state index contributed by atoms with van der Waals surface area (Å²) in [7, 11) is 2.08. The standard InChI is InChI=1S/C27H29FN6O2/c1-34-15-3-4-21(17-34)36-27-25(18-6-9-20(28)10-7-18)32-23-16-19(8-11-22(23)33-27)26(35)31-12-2-5-24-29-13-14-30-24/h6-11,13-14,16,21H,2-5,12,15,17H2,1H3,(H,29,30)(H,31,35). The van der Waals surface area contributed by atoms with Gasteiger partial charge in [0, 0.05) is 43.0 Å². The van der Waals surface area contributed by atoms with Crippen molar-refractivity contribution >= 4 is 16.9 Å². The number of rotatable bonds is 8.